The number of hydrogen-bond acceptors (Lipinski definition) is 2. The number of hydrogen-bond donors (Lipinski definition) is 1. The summed E-state index contributed by atoms with van der Waals surface area (Å²) in [4.78, 5) is 10.2. The van der Waals surface area contributed by atoms with Gasteiger partial charge in [-0.3, -0.25) is 4.79 Å². The van der Waals surface area contributed by atoms with Gasteiger partial charge in [0.1, 0.15) is 6.10 Å². The maximum Gasteiger partial charge on any atom is 0.158 e. The molecule has 1 aliphatic carbocycles. The molecule has 0 aliphatic heterocycles. The highest BCUT2D eigenvalue weighted by Crippen LogP contribution is 2.10. The van der Waals surface area contributed by atoms with Crippen molar-refractivity contribution in [1.82, 2.24) is 0 Å². The highest BCUT2D eigenvalue weighted by molar-refractivity contribution is 5.94. The van der Waals surface area contributed by atoms with Crippen LogP contribution in [-0.2, 0) is 4.79 Å². The topological polar surface area (TPSA) is 37.3 Å². The summed E-state index contributed by atoms with van der Waals surface area (Å²) < 4.78 is 0. The van der Waals surface area contributed by atoms with Crippen molar-refractivity contribution in [3.63, 3.8) is 0 Å². The Morgan fingerprint density at radius 1 is 1.57 bits per heavy atom. The molecule has 0 atom stereocenters. The van der Waals surface area contributed by atoms with Gasteiger partial charge in [-0.1, -0.05) is 0 Å². The zero-order valence-electron chi connectivity index (χ0n) is 3.72. The maximum atomic E-state index is 10.2. The summed E-state index contributed by atoms with van der Waals surface area (Å²) in [5, 5.41) is 8.51. The number of aliphatic hydroxyl groups is 1. The number of carbonyl (C=O) groups is 1. The summed E-state index contributed by atoms with van der Waals surface area (Å²) in [6.07, 6.45) is 3.16. The van der Waals surface area contributed by atoms with Crippen LogP contribution in [0.4, 0.5) is 0 Å². The van der Waals surface area contributed by atoms with Crippen LogP contribution in [0.15, 0.2) is 12.2 Å². The Labute approximate surface area is 41.5 Å². The predicted octanol–water partition coefficient (Wildman–Crippen LogP) is 0.420. The number of carbonyl (C=O) groups excluding carboxylic acids is 1. The van der Waals surface area contributed by atoms with E-state index in [1.54, 1.807) is 0 Å². The van der Waals surface area contributed by atoms with Crippen LogP contribution >= 0.6 is 0 Å². The highest BCUT2D eigenvalue weighted by atomic mass is 16.3. The molecule has 1 radical (unpaired) electrons. The number of rotatable bonds is 0. The third-order valence-electron chi connectivity index (χ3n) is 0.817. The van der Waals surface area contributed by atoms with E-state index < -0.39 is 0 Å². The summed E-state index contributed by atoms with van der Waals surface area (Å²) in [7, 11) is 0. The fraction of sp³-hybridized carbons (Fsp3) is 0.200. The normalized spacial score (nSPS) is 21.6. The molecular formula is C5H5O2. The fourth-order valence-corrected chi connectivity index (χ4v) is 0.486. The lowest BCUT2D eigenvalue weighted by molar-refractivity contribution is -0.114. The van der Waals surface area contributed by atoms with E-state index in [-0.39, 0.29) is 18.3 Å². The van der Waals surface area contributed by atoms with E-state index in [0.717, 1.165) is 0 Å². The van der Waals surface area contributed by atoms with Crippen molar-refractivity contribution in [3.05, 3.63) is 18.3 Å². The zero-order valence-corrected chi connectivity index (χ0v) is 3.72. The summed E-state index contributed by atoms with van der Waals surface area (Å²) in [5.74, 6) is -0.0162. The standard InChI is InChI=1S/C5H5O2/c6-4-1-2-5(7)3-4/h1-2,6H,3H2. The van der Waals surface area contributed by atoms with Gasteiger partial charge in [0.15, 0.2) is 5.78 Å². The number of allylic oxidation sites excluding steroid dienone is 1. The minimum atomic E-state index is -0.0162. The smallest absolute Gasteiger partial charge is 0.158 e. The Hall–Kier alpha value is -0.630. The Morgan fingerprint density at radius 3 is 2.43 bits per heavy atom. The van der Waals surface area contributed by atoms with E-state index >= 15 is 0 Å². The van der Waals surface area contributed by atoms with E-state index in [1.807, 2.05) is 0 Å². The van der Waals surface area contributed by atoms with Gasteiger partial charge in [0.05, 0.1) is 0 Å². The molecule has 0 aromatic rings. The van der Waals surface area contributed by atoms with E-state index in [9.17, 15) is 4.79 Å². The Balaban J connectivity index is 2.58. The minimum absolute atomic E-state index is 0.0162. The SMILES string of the molecule is O=C1C=C[C](O)C1. The quantitative estimate of drug-likeness (QED) is 0.475. The lowest BCUT2D eigenvalue weighted by Gasteiger charge is -1.86. The second-order valence-corrected chi connectivity index (χ2v) is 1.47. The van der Waals surface area contributed by atoms with Crippen molar-refractivity contribution in [3.8, 4) is 0 Å². The molecule has 0 saturated heterocycles. The molecule has 0 aromatic heterocycles. The molecule has 2 nitrogen and oxygen atoms in total. The molecule has 0 saturated carbocycles. The first-order chi connectivity index (χ1) is 3.29. The van der Waals surface area contributed by atoms with Gasteiger partial charge in [-0.05, 0) is 12.2 Å². The van der Waals surface area contributed by atoms with Crippen molar-refractivity contribution in [1.29, 1.82) is 0 Å². The summed E-state index contributed by atoms with van der Waals surface area (Å²) in [6.45, 7) is 0. The van der Waals surface area contributed by atoms with Crippen molar-refractivity contribution >= 4 is 5.78 Å². The van der Waals surface area contributed by atoms with Gasteiger partial charge in [0.25, 0.3) is 0 Å². The van der Waals surface area contributed by atoms with E-state index in [2.05, 4.69) is 0 Å². The molecule has 2 heteroatoms. The van der Waals surface area contributed by atoms with Crippen molar-refractivity contribution in [2.75, 3.05) is 0 Å². The summed E-state index contributed by atoms with van der Waals surface area (Å²) in [5.41, 5.74) is 0. The maximum absolute atomic E-state index is 10.2. The monoisotopic (exact) mass is 97.0 g/mol. The minimum Gasteiger partial charge on any atom is -0.382 e. The van der Waals surface area contributed by atoms with Crippen LogP contribution in [0, 0.1) is 6.10 Å². The van der Waals surface area contributed by atoms with Crippen molar-refractivity contribution in [2.24, 2.45) is 0 Å². The molecule has 0 aromatic carbocycles. The first-order valence-electron chi connectivity index (χ1n) is 2.05. The fourth-order valence-electron chi connectivity index (χ4n) is 0.486. The summed E-state index contributed by atoms with van der Waals surface area (Å²) >= 11 is 0. The zero-order chi connectivity index (χ0) is 5.28. The first kappa shape index (κ1) is 4.53. The number of aliphatic hydroxyl groups excluding tert-OH is 1. The highest BCUT2D eigenvalue weighted by Gasteiger charge is 2.12. The van der Waals surface area contributed by atoms with Crippen LogP contribution in [0.2, 0.25) is 0 Å². The van der Waals surface area contributed by atoms with Crippen LogP contribution in [0.25, 0.3) is 0 Å². The first-order valence-corrected chi connectivity index (χ1v) is 2.05. The average molecular weight is 97.1 g/mol. The summed E-state index contributed by atoms with van der Waals surface area (Å²) in [6, 6.07) is 0. The van der Waals surface area contributed by atoms with Gasteiger partial charge in [0, 0.05) is 6.42 Å². The lowest BCUT2D eigenvalue weighted by Crippen LogP contribution is -1.90. The molecule has 0 heterocycles. The van der Waals surface area contributed by atoms with E-state index in [4.69, 9.17) is 5.11 Å². The second kappa shape index (κ2) is 1.46. The molecule has 37 valence electrons. The van der Waals surface area contributed by atoms with Gasteiger partial charge in [-0.2, -0.15) is 0 Å². The molecule has 0 bridgehead atoms. The second-order valence-electron chi connectivity index (χ2n) is 1.47. The van der Waals surface area contributed by atoms with E-state index in [0.29, 0.717) is 0 Å². The number of ketones is 1. The Morgan fingerprint density at radius 2 is 2.29 bits per heavy atom. The molecular weight excluding hydrogens is 92.1 g/mol. The van der Waals surface area contributed by atoms with Crippen LogP contribution in [0.1, 0.15) is 6.42 Å². The average Bonchev–Trinajstić information content (AvgIpc) is 1.87. The molecule has 7 heavy (non-hydrogen) atoms. The van der Waals surface area contributed by atoms with Crippen LogP contribution in [-0.4, -0.2) is 10.9 Å². The molecule has 1 rings (SSSR count). The molecule has 0 spiro atoms. The van der Waals surface area contributed by atoms with Crippen molar-refractivity contribution < 1.29 is 9.90 Å². The molecule has 0 fully saturated rings. The molecule has 0 amide bonds. The van der Waals surface area contributed by atoms with Gasteiger partial charge < -0.3 is 5.11 Å². The predicted molar refractivity (Wildman–Crippen MR) is 23.9 cm³/mol. The van der Waals surface area contributed by atoms with Crippen molar-refractivity contribution in [2.45, 2.75) is 6.42 Å². The molecule has 1 N–H and O–H groups in total. The van der Waals surface area contributed by atoms with Crippen LogP contribution < -0.4 is 0 Å². The van der Waals surface area contributed by atoms with Gasteiger partial charge in [-0.15, -0.1) is 0 Å². The van der Waals surface area contributed by atoms with Gasteiger partial charge in [0.2, 0.25) is 0 Å². The van der Waals surface area contributed by atoms with Crippen LogP contribution in [0.5, 0.6) is 0 Å². The Kier molecular flexibility index (Phi) is 0.947. The van der Waals surface area contributed by atoms with Crippen LogP contribution in [0.3, 0.4) is 0 Å². The molecule has 1 aliphatic rings. The largest absolute Gasteiger partial charge is 0.382 e. The van der Waals surface area contributed by atoms with Gasteiger partial charge in [-0.25, -0.2) is 0 Å². The third-order valence-corrected chi connectivity index (χ3v) is 0.817. The third kappa shape index (κ3) is 0.871. The lowest BCUT2D eigenvalue weighted by atomic mass is 10.3. The molecule has 0 unspecified atom stereocenters. The Bertz CT molecular complexity index is 115. The van der Waals surface area contributed by atoms with Gasteiger partial charge >= 0.3 is 0 Å². The van der Waals surface area contributed by atoms with E-state index in [1.165, 1.54) is 12.2 Å².